The summed E-state index contributed by atoms with van der Waals surface area (Å²) in [6.07, 6.45) is 0. The fourth-order valence-corrected chi connectivity index (χ4v) is 5.98. The van der Waals surface area contributed by atoms with Crippen LogP contribution in [0, 0.1) is 17.1 Å². The first-order valence-corrected chi connectivity index (χ1v) is 14.4. The Balaban J connectivity index is 1.40. The van der Waals surface area contributed by atoms with Gasteiger partial charge in [-0.1, -0.05) is 24.3 Å². The molecule has 0 aliphatic carbocycles. The first-order valence-electron chi connectivity index (χ1n) is 14.4. The van der Waals surface area contributed by atoms with Crippen LogP contribution in [0.4, 0.5) is 15.8 Å². The van der Waals surface area contributed by atoms with Crippen molar-refractivity contribution in [3.8, 4) is 45.5 Å². The Morgan fingerprint density at radius 1 is 0.860 bits per heavy atom. The molecular weight excluding hydrogens is 545 g/mol. The summed E-state index contributed by atoms with van der Waals surface area (Å²) in [6, 6.07) is 22.5. The van der Waals surface area contributed by atoms with E-state index in [-0.39, 0.29) is 22.6 Å². The summed E-state index contributed by atoms with van der Waals surface area (Å²) in [6.45, 7) is 6.77. The molecule has 2 fully saturated rings. The molecule has 9 nitrogen and oxygen atoms in total. The summed E-state index contributed by atoms with van der Waals surface area (Å²) < 4.78 is 20.6. The zero-order valence-corrected chi connectivity index (χ0v) is 23.5. The van der Waals surface area contributed by atoms with Crippen molar-refractivity contribution >= 4 is 22.4 Å². The highest BCUT2D eigenvalue weighted by Crippen LogP contribution is 2.41. The van der Waals surface area contributed by atoms with E-state index in [1.807, 2.05) is 24.3 Å². The van der Waals surface area contributed by atoms with Gasteiger partial charge in [0.2, 0.25) is 0 Å². The molecule has 0 unspecified atom stereocenters. The molecule has 216 valence electrons. The number of ether oxygens (including phenoxy) is 1. The second kappa shape index (κ2) is 11.4. The number of nitrogens with zero attached hydrogens (tertiary/aromatic N) is 5. The predicted octanol–water partition coefficient (Wildman–Crippen LogP) is 4.92. The molecule has 7 rings (SSSR count). The number of halogens is 1. The van der Waals surface area contributed by atoms with Gasteiger partial charge in [0.15, 0.2) is 5.65 Å². The van der Waals surface area contributed by atoms with Crippen molar-refractivity contribution in [3.05, 3.63) is 78.1 Å². The van der Waals surface area contributed by atoms with Crippen molar-refractivity contribution in [2.45, 2.75) is 0 Å². The van der Waals surface area contributed by atoms with Gasteiger partial charge >= 0.3 is 0 Å². The van der Waals surface area contributed by atoms with Crippen LogP contribution in [0.5, 0.6) is 5.75 Å². The number of phenolic OH excluding ortho intramolecular Hbond substituents is 1. The predicted molar refractivity (Wildman–Crippen MR) is 165 cm³/mol. The van der Waals surface area contributed by atoms with E-state index in [0.717, 1.165) is 73.5 Å². The smallest absolute Gasteiger partial charge is 0.182 e. The third kappa shape index (κ3) is 5.03. The molecule has 2 aromatic heterocycles. The van der Waals surface area contributed by atoms with Crippen LogP contribution >= 0.6 is 0 Å². The summed E-state index contributed by atoms with van der Waals surface area (Å²) in [5.74, 6) is -0.870. The third-order valence-corrected chi connectivity index (χ3v) is 8.19. The summed E-state index contributed by atoms with van der Waals surface area (Å²) in [5.41, 5.74) is 6.17. The minimum Gasteiger partial charge on any atom is -0.508 e. The summed E-state index contributed by atoms with van der Waals surface area (Å²) >= 11 is 0. The Morgan fingerprint density at radius 2 is 1.51 bits per heavy atom. The summed E-state index contributed by atoms with van der Waals surface area (Å²) in [5, 5.41) is 32.1. The van der Waals surface area contributed by atoms with Crippen LogP contribution in [0.1, 0.15) is 5.56 Å². The van der Waals surface area contributed by atoms with Crippen LogP contribution < -0.4 is 15.1 Å². The number of aromatic amines is 1. The molecule has 43 heavy (non-hydrogen) atoms. The second-order valence-corrected chi connectivity index (χ2v) is 10.7. The van der Waals surface area contributed by atoms with Gasteiger partial charge in [0, 0.05) is 73.4 Å². The highest BCUT2D eigenvalue weighted by Gasteiger charge is 2.25. The van der Waals surface area contributed by atoms with Crippen LogP contribution in [0.15, 0.2) is 66.7 Å². The van der Waals surface area contributed by atoms with Gasteiger partial charge in [0.1, 0.15) is 17.6 Å². The lowest BCUT2D eigenvalue weighted by Gasteiger charge is -2.29. The van der Waals surface area contributed by atoms with Gasteiger partial charge in [-0.15, -0.1) is 0 Å². The van der Waals surface area contributed by atoms with E-state index in [1.165, 1.54) is 12.1 Å². The molecule has 5 aromatic rings. The number of phenols is 1. The Hall–Kier alpha value is -4.98. The zero-order valence-electron chi connectivity index (χ0n) is 23.5. The Morgan fingerprint density at radius 3 is 2.16 bits per heavy atom. The molecule has 2 saturated heterocycles. The van der Waals surface area contributed by atoms with Crippen molar-refractivity contribution in [2.24, 2.45) is 0 Å². The molecule has 4 heterocycles. The standard InChI is InChI=1S/C33H30FN7O2/c34-28-19-25(42)9-10-26(28)32-27(20-35)29(21-1-5-23(6-2-21)40-13-11-36-12-14-40)30-31(38-39-33(30)37-32)22-3-7-24(8-4-22)41-15-17-43-18-16-41/h1-10,19,36,42H,11-18H2,(H,37,38,39). The first kappa shape index (κ1) is 26.9. The van der Waals surface area contributed by atoms with Crippen LogP contribution in [-0.4, -0.2) is 72.8 Å². The van der Waals surface area contributed by atoms with E-state index in [0.29, 0.717) is 29.8 Å². The van der Waals surface area contributed by atoms with Crippen molar-refractivity contribution in [1.29, 1.82) is 5.26 Å². The monoisotopic (exact) mass is 575 g/mol. The van der Waals surface area contributed by atoms with Crippen LogP contribution in [0.3, 0.4) is 0 Å². The van der Waals surface area contributed by atoms with E-state index < -0.39 is 5.82 Å². The number of rotatable bonds is 5. The van der Waals surface area contributed by atoms with Crippen molar-refractivity contribution < 1.29 is 14.2 Å². The molecular formula is C33H30FN7O2. The lowest BCUT2D eigenvalue weighted by molar-refractivity contribution is 0.122. The molecule has 2 aliphatic rings. The molecule has 0 bridgehead atoms. The first-order chi connectivity index (χ1) is 21.1. The average Bonchev–Trinajstić information content (AvgIpc) is 3.48. The third-order valence-electron chi connectivity index (χ3n) is 8.19. The number of aromatic nitrogens is 3. The van der Waals surface area contributed by atoms with Crippen molar-refractivity contribution in [1.82, 2.24) is 20.5 Å². The number of fused-ring (bicyclic) bond motifs is 1. The Kier molecular flexibility index (Phi) is 7.10. The maximum atomic E-state index is 15.1. The molecule has 0 saturated carbocycles. The molecule has 2 aliphatic heterocycles. The van der Waals surface area contributed by atoms with Gasteiger partial charge in [-0.05, 0) is 42.0 Å². The van der Waals surface area contributed by atoms with Gasteiger partial charge < -0.3 is 25.0 Å². The number of H-pyrrole nitrogens is 1. The van der Waals surface area contributed by atoms with E-state index in [2.05, 4.69) is 55.6 Å². The molecule has 0 radical (unpaired) electrons. The number of nitrogens with one attached hydrogen (secondary N) is 2. The van der Waals surface area contributed by atoms with Crippen LogP contribution in [-0.2, 0) is 4.74 Å². The quantitative estimate of drug-likeness (QED) is 0.271. The average molecular weight is 576 g/mol. The molecule has 3 N–H and O–H groups in total. The SMILES string of the molecule is N#Cc1c(-c2ccc(O)cc2F)nc2n[nH]c(-c3ccc(N4CCOCC4)cc3)c2c1-c1ccc(N2CCNCC2)cc1. The molecule has 0 amide bonds. The van der Waals surface area contributed by atoms with E-state index in [1.54, 1.807) is 0 Å². The van der Waals surface area contributed by atoms with Gasteiger partial charge in [-0.2, -0.15) is 10.4 Å². The Labute approximate surface area is 248 Å². The minimum atomic E-state index is -0.669. The lowest BCUT2D eigenvalue weighted by Crippen LogP contribution is -2.43. The number of benzene rings is 3. The Bertz CT molecular complexity index is 1820. The summed E-state index contributed by atoms with van der Waals surface area (Å²) in [4.78, 5) is 9.31. The lowest BCUT2D eigenvalue weighted by atomic mass is 9.91. The molecule has 10 heteroatoms. The normalized spacial score (nSPS) is 15.5. The minimum absolute atomic E-state index is 0.120. The van der Waals surface area contributed by atoms with Gasteiger partial charge in [0.05, 0.1) is 35.6 Å². The number of piperazine rings is 1. The van der Waals surface area contributed by atoms with E-state index in [9.17, 15) is 10.4 Å². The van der Waals surface area contributed by atoms with Crippen LogP contribution in [0.2, 0.25) is 0 Å². The second-order valence-electron chi connectivity index (χ2n) is 10.7. The van der Waals surface area contributed by atoms with Gasteiger partial charge in [-0.3, -0.25) is 5.10 Å². The van der Waals surface area contributed by atoms with E-state index in [4.69, 9.17) is 9.72 Å². The fraction of sp³-hybridized carbons (Fsp3) is 0.242. The largest absolute Gasteiger partial charge is 0.508 e. The maximum absolute atomic E-state index is 15.1. The number of anilines is 2. The number of hydrogen-bond donors (Lipinski definition) is 3. The fourth-order valence-electron chi connectivity index (χ4n) is 5.98. The molecule has 0 spiro atoms. The van der Waals surface area contributed by atoms with Crippen molar-refractivity contribution in [2.75, 3.05) is 62.3 Å². The highest BCUT2D eigenvalue weighted by atomic mass is 19.1. The summed E-state index contributed by atoms with van der Waals surface area (Å²) in [7, 11) is 0. The molecule has 3 aromatic carbocycles. The highest BCUT2D eigenvalue weighted by molar-refractivity contribution is 6.06. The topological polar surface area (TPSA) is 113 Å². The number of aromatic hydroxyl groups is 1. The van der Waals surface area contributed by atoms with Gasteiger partial charge in [-0.25, -0.2) is 9.37 Å². The maximum Gasteiger partial charge on any atom is 0.182 e. The number of morpholine rings is 1. The number of nitriles is 1. The van der Waals surface area contributed by atoms with Gasteiger partial charge in [0.25, 0.3) is 0 Å². The van der Waals surface area contributed by atoms with Crippen LogP contribution in [0.25, 0.3) is 44.7 Å². The zero-order chi connectivity index (χ0) is 29.3. The van der Waals surface area contributed by atoms with Crippen molar-refractivity contribution in [3.63, 3.8) is 0 Å². The number of hydrogen-bond acceptors (Lipinski definition) is 8. The number of pyridine rings is 1. The molecule has 0 atom stereocenters. The van der Waals surface area contributed by atoms with E-state index >= 15 is 4.39 Å².